The monoisotopic (exact) mass is 371 g/mol. The van der Waals surface area contributed by atoms with Crippen LogP contribution in [0.25, 0.3) is 0 Å². The number of nitrogens with zero attached hydrogens (tertiary/aromatic N) is 1. The summed E-state index contributed by atoms with van der Waals surface area (Å²) in [6.45, 7) is 5.90. The van der Waals surface area contributed by atoms with Gasteiger partial charge in [0, 0.05) is 31.7 Å². The molecular formula is C18H29NO7. The van der Waals surface area contributed by atoms with Gasteiger partial charge in [-0.05, 0) is 19.8 Å². The van der Waals surface area contributed by atoms with Crippen molar-refractivity contribution in [3.63, 3.8) is 0 Å². The number of carbonyl (C=O) groups excluding carboxylic acids is 3. The van der Waals surface area contributed by atoms with Gasteiger partial charge in [-0.2, -0.15) is 0 Å². The lowest BCUT2D eigenvalue weighted by Crippen LogP contribution is -2.31. The molecule has 8 nitrogen and oxygen atoms in total. The zero-order valence-corrected chi connectivity index (χ0v) is 15.4. The van der Waals surface area contributed by atoms with Crippen LogP contribution in [0.4, 0.5) is 0 Å². The number of amides is 2. The van der Waals surface area contributed by atoms with E-state index in [1.807, 2.05) is 0 Å². The summed E-state index contributed by atoms with van der Waals surface area (Å²) in [6.07, 6.45) is 4.53. The average molecular weight is 371 g/mol. The Morgan fingerprint density at radius 2 is 1.23 bits per heavy atom. The number of hydrogen-bond acceptors (Lipinski definition) is 7. The van der Waals surface area contributed by atoms with Crippen LogP contribution in [-0.2, 0) is 33.3 Å². The summed E-state index contributed by atoms with van der Waals surface area (Å²) < 4.78 is 21.3. The van der Waals surface area contributed by atoms with Gasteiger partial charge in [-0.3, -0.25) is 19.3 Å². The summed E-state index contributed by atoms with van der Waals surface area (Å²) >= 11 is 0. The van der Waals surface area contributed by atoms with Gasteiger partial charge < -0.3 is 18.9 Å². The van der Waals surface area contributed by atoms with Crippen molar-refractivity contribution in [3.8, 4) is 0 Å². The summed E-state index contributed by atoms with van der Waals surface area (Å²) in [5, 5.41) is 0. The molecule has 148 valence electrons. The smallest absolute Gasteiger partial charge is 0.253 e. The van der Waals surface area contributed by atoms with Crippen LogP contribution in [0.3, 0.4) is 0 Å². The van der Waals surface area contributed by atoms with E-state index in [9.17, 15) is 14.4 Å². The number of rotatable bonds is 17. The zero-order chi connectivity index (χ0) is 19.0. The molecule has 0 aliphatic carbocycles. The van der Waals surface area contributed by atoms with Gasteiger partial charge in [0.1, 0.15) is 5.78 Å². The van der Waals surface area contributed by atoms with E-state index in [2.05, 4.69) is 0 Å². The standard InChI is InChI=1S/C18H29NO7/c1-16(20)6-9-24-11-13-26-15-14-25-12-10-23-8-3-2-7-19-17(21)4-5-18(19)22/h4-5H,2-3,6-15H2,1H3. The van der Waals surface area contributed by atoms with Crippen LogP contribution in [0, 0.1) is 0 Å². The van der Waals surface area contributed by atoms with Crippen LogP contribution in [0.2, 0.25) is 0 Å². The topological polar surface area (TPSA) is 91.4 Å². The Hall–Kier alpha value is -1.61. The minimum atomic E-state index is -0.242. The molecule has 0 N–H and O–H groups in total. The van der Waals surface area contributed by atoms with Crippen molar-refractivity contribution in [3.05, 3.63) is 12.2 Å². The number of hydrogen-bond donors (Lipinski definition) is 0. The van der Waals surface area contributed by atoms with E-state index < -0.39 is 0 Å². The molecule has 1 aliphatic rings. The van der Waals surface area contributed by atoms with E-state index in [4.69, 9.17) is 18.9 Å². The highest BCUT2D eigenvalue weighted by atomic mass is 16.6. The van der Waals surface area contributed by atoms with E-state index in [1.54, 1.807) is 0 Å². The van der Waals surface area contributed by atoms with Crippen LogP contribution in [0.15, 0.2) is 12.2 Å². The molecule has 0 aromatic heterocycles. The summed E-state index contributed by atoms with van der Waals surface area (Å²) in [5.41, 5.74) is 0. The van der Waals surface area contributed by atoms with Crippen molar-refractivity contribution < 1.29 is 33.3 Å². The first-order valence-electron chi connectivity index (χ1n) is 8.95. The predicted octanol–water partition coefficient (Wildman–Crippen LogP) is 0.737. The van der Waals surface area contributed by atoms with Crippen molar-refractivity contribution in [2.24, 2.45) is 0 Å². The number of ketones is 1. The maximum Gasteiger partial charge on any atom is 0.253 e. The van der Waals surface area contributed by atoms with Crippen molar-refractivity contribution in [2.45, 2.75) is 26.2 Å². The average Bonchev–Trinajstić information content (AvgIpc) is 2.92. The number of unbranched alkanes of at least 4 members (excludes halogenated alkanes) is 1. The molecule has 0 saturated heterocycles. The third kappa shape index (κ3) is 11.1. The SMILES string of the molecule is CC(=O)CCOCCOCCOCCOCCCCN1C(=O)C=CC1=O. The molecule has 0 spiro atoms. The molecule has 0 saturated carbocycles. The van der Waals surface area contributed by atoms with Gasteiger partial charge in [-0.15, -0.1) is 0 Å². The van der Waals surface area contributed by atoms with Crippen molar-refractivity contribution in [1.29, 1.82) is 0 Å². The van der Waals surface area contributed by atoms with E-state index in [0.29, 0.717) is 65.8 Å². The van der Waals surface area contributed by atoms with Crippen LogP contribution in [0.5, 0.6) is 0 Å². The second kappa shape index (κ2) is 14.5. The van der Waals surface area contributed by atoms with Crippen LogP contribution in [-0.4, -0.2) is 81.9 Å². The van der Waals surface area contributed by atoms with Gasteiger partial charge in [-0.25, -0.2) is 0 Å². The molecule has 1 rings (SSSR count). The summed E-state index contributed by atoms with van der Waals surface area (Å²) in [4.78, 5) is 34.6. The predicted molar refractivity (Wildman–Crippen MR) is 93.7 cm³/mol. The molecule has 2 amide bonds. The van der Waals surface area contributed by atoms with Crippen LogP contribution in [0.1, 0.15) is 26.2 Å². The highest BCUT2D eigenvalue weighted by molar-refractivity contribution is 6.12. The van der Waals surface area contributed by atoms with E-state index in [0.717, 1.165) is 12.8 Å². The molecule has 26 heavy (non-hydrogen) atoms. The molecule has 8 heteroatoms. The minimum Gasteiger partial charge on any atom is -0.379 e. The number of imide groups is 1. The quantitative estimate of drug-likeness (QED) is 0.275. The Balaban J connectivity index is 1.74. The highest BCUT2D eigenvalue weighted by Crippen LogP contribution is 2.05. The molecule has 0 unspecified atom stereocenters. The Labute approximate surface area is 154 Å². The second-order valence-electron chi connectivity index (χ2n) is 5.77. The molecule has 0 fully saturated rings. The van der Waals surface area contributed by atoms with E-state index >= 15 is 0 Å². The van der Waals surface area contributed by atoms with Crippen molar-refractivity contribution in [1.82, 2.24) is 4.90 Å². The summed E-state index contributed by atoms with van der Waals surface area (Å²) in [6, 6.07) is 0. The number of carbonyl (C=O) groups is 3. The summed E-state index contributed by atoms with van der Waals surface area (Å²) in [7, 11) is 0. The van der Waals surface area contributed by atoms with E-state index in [-0.39, 0.29) is 17.6 Å². The Morgan fingerprint density at radius 3 is 1.73 bits per heavy atom. The van der Waals surface area contributed by atoms with Crippen molar-refractivity contribution >= 4 is 17.6 Å². The second-order valence-corrected chi connectivity index (χ2v) is 5.77. The lowest BCUT2D eigenvalue weighted by molar-refractivity contribution is -0.136. The Bertz CT molecular complexity index is 446. The first-order chi connectivity index (χ1) is 12.6. The van der Waals surface area contributed by atoms with E-state index in [1.165, 1.54) is 24.0 Å². The maximum atomic E-state index is 11.3. The molecule has 0 aromatic carbocycles. The normalized spacial score (nSPS) is 13.8. The highest BCUT2D eigenvalue weighted by Gasteiger charge is 2.22. The van der Waals surface area contributed by atoms with Crippen molar-refractivity contribution in [2.75, 3.05) is 59.4 Å². The number of Topliss-reactive ketones (excluding diaryl/α,β-unsaturated/α-hetero) is 1. The molecule has 0 radical (unpaired) electrons. The molecule has 1 heterocycles. The molecule has 0 atom stereocenters. The molecule has 1 aliphatic heterocycles. The zero-order valence-electron chi connectivity index (χ0n) is 15.4. The molecule has 0 bridgehead atoms. The first kappa shape index (κ1) is 22.4. The lowest BCUT2D eigenvalue weighted by Gasteiger charge is -2.13. The lowest BCUT2D eigenvalue weighted by atomic mass is 10.3. The van der Waals surface area contributed by atoms with Crippen LogP contribution >= 0.6 is 0 Å². The Kier molecular flexibility index (Phi) is 12.6. The summed E-state index contributed by atoms with van der Waals surface area (Å²) in [5.74, 6) is -0.362. The van der Waals surface area contributed by atoms with Gasteiger partial charge >= 0.3 is 0 Å². The largest absolute Gasteiger partial charge is 0.379 e. The first-order valence-corrected chi connectivity index (χ1v) is 8.95. The molecule has 0 aromatic rings. The van der Waals surface area contributed by atoms with Gasteiger partial charge in [0.2, 0.25) is 0 Å². The third-order valence-electron chi connectivity index (χ3n) is 3.54. The van der Waals surface area contributed by atoms with Gasteiger partial charge in [0.25, 0.3) is 11.8 Å². The van der Waals surface area contributed by atoms with Gasteiger partial charge in [-0.1, -0.05) is 0 Å². The Morgan fingerprint density at radius 1 is 0.769 bits per heavy atom. The fourth-order valence-electron chi connectivity index (χ4n) is 2.10. The fraction of sp³-hybridized carbons (Fsp3) is 0.722. The number of ether oxygens (including phenoxy) is 4. The minimum absolute atomic E-state index is 0.121. The van der Waals surface area contributed by atoms with Gasteiger partial charge in [0.05, 0.1) is 46.2 Å². The maximum absolute atomic E-state index is 11.3. The van der Waals surface area contributed by atoms with Gasteiger partial charge in [0.15, 0.2) is 0 Å². The fourth-order valence-corrected chi connectivity index (χ4v) is 2.10. The molecular weight excluding hydrogens is 342 g/mol. The third-order valence-corrected chi connectivity index (χ3v) is 3.54. The van der Waals surface area contributed by atoms with Crippen LogP contribution < -0.4 is 0 Å².